The average Bonchev–Trinajstić information content (AvgIpc) is 2.87. The summed E-state index contributed by atoms with van der Waals surface area (Å²) in [6.45, 7) is 6.34. The molecule has 1 aromatic rings. The summed E-state index contributed by atoms with van der Waals surface area (Å²) in [5, 5.41) is 3.41. The first-order valence-corrected chi connectivity index (χ1v) is 7.07. The molecule has 0 spiro atoms. The number of anilines is 1. The first-order valence-electron chi connectivity index (χ1n) is 7.07. The van der Waals surface area contributed by atoms with Gasteiger partial charge in [0.25, 0.3) is 0 Å². The maximum atomic E-state index is 5.37. The van der Waals surface area contributed by atoms with Crippen LogP contribution in [0.15, 0.2) is 18.2 Å². The van der Waals surface area contributed by atoms with Crippen molar-refractivity contribution in [3.63, 3.8) is 0 Å². The van der Waals surface area contributed by atoms with Crippen LogP contribution in [0, 0.1) is 0 Å². The largest absolute Gasteiger partial charge is 0.384 e. The van der Waals surface area contributed by atoms with Gasteiger partial charge in [-0.1, -0.05) is 12.1 Å². The normalized spacial score (nSPS) is 19.6. The van der Waals surface area contributed by atoms with Crippen LogP contribution >= 0.6 is 0 Å². The Morgan fingerprint density at radius 1 is 1.22 bits per heavy atom. The Hall–Kier alpha value is -1.06. The zero-order valence-electron chi connectivity index (χ0n) is 11.0. The second-order valence-corrected chi connectivity index (χ2v) is 5.23. The van der Waals surface area contributed by atoms with Crippen molar-refractivity contribution < 1.29 is 4.74 Å². The predicted molar refractivity (Wildman–Crippen MR) is 74.2 cm³/mol. The van der Waals surface area contributed by atoms with Gasteiger partial charge in [-0.05, 0) is 43.0 Å². The summed E-state index contributed by atoms with van der Waals surface area (Å²) in [6.07, 6.45) is 3.64. The maximum absolute atomic E-state index is 5.37. The van der Waals surface area contributed by atoms with E-state index in [2.05, 4.69) is 28.4 Å². The number of morpholine rings is 1. The highest BCUT2D eigenvalue weighted by molar-refractivity contribution is 5.56. The molecule has 0 aromatic heterocycles. The number of benzene rings is 1. The van der Waals surface area contributed by atoms with Gasteiger partial charge in [0.15, 0.2) is 0 Å². The Morgan fingerprint density at radius 3 is 3.00 bits per heavy atom. The highest BCUT2D eigenvalue weighted by Gasteiger charge is 2.11. The van der Waals surface area contributed by atoms with Crippen molar-refractivity contribution in [2.24, 2.45) is 0 Å². The Kier molecular flexibility index (Phi) is 3.81. The average molecular weight is 246 g/mol. The third-order valence-corrected chi connectivity index (χ3v) is 3.92. The van der Waals surface area contributed by atoms with Crippen molar-refractivity contribution in [1.82, 2.24) is 4.90 Å². The van der Waals surface area contributed by atoms with E-state index in [-0.39, 0.29) is 0 Å². The first kappa shape index (κ1) is 12.0. The number of nitrogens with zero attached hydrogens (tertiary/aromatic N) is 1. The molecule has 0 amide bonds. The van der Waals surface area contributed by atoms with Crippen LogP contribution in [0.2, 0.25) is 0 Å². The van der Waals surface area contributed by atoms with Crippen molar-refractivity contribution >= 4 is 5.69 Å². The molecule has 0 aliphatic carbocycles. The molecule has 2 aliphatic rings. The highest BCUT2D eigenvalue weighted by Crippen LogP contribution is 2.23. The van der Waals surface area contributed by atoms with E-state index in [9.17, 15) is 0 Å². The minimum absolute atomic E-state index is 0.907. The lowest BCUT2D eigenvalue weighted by Crippen LogP contribution is -2.36. The van der Waals surface area contributed by atoms with Gasteiger partial charge in [0.1, 0.15) is 0 Å². The number of hydrogen-bond donors (Lipinski definition) is 1. The van der Waals surface area contributed by atoms with E-state index in [4.69, 9.17) is 4.74 Å². The molecule has 3 nitrogen and oxygen atoms in total. The first-order chi connectivity index (χ1) is 8.92. The van der Waals surface area contributed by atoms with E-state index in [1.807, 2.05) is 0 Å². The number of nitrogens with one attached hydrogen (secondary N) is 1. The molecule has 18 heavy (non-hydrogen) atoms. The number of hydrogen-bond acceptors (Lipinski definition) is 3. The third-order valence-electron chi connectivity index (χ3n) is 3.92. The molecule has 0 saturated carbocycles. The van der Waals surface area contributed by atoms with Gasteiger partial charge in [0.2, 0.25) is 0 Å². The fraction of sp³-hybridized carbons (Fsp3) is 0.600. The van der Waals surface area contributed by atoms with Crippen LogP contribution in [0.5, 0.6) is 0 Å². The topological polar surface area (TPSA) is 24.5 Å². The van der Waals surface area contributed by atoms with Gasteiger partial charge in [0, 0.05) is 25.3 Å². The van der Waals surface area contributed by atoms with Crippen molar-refractivity contribution in [1.29, 1.82) is 0 Å². The molecule has 3 heteroatoms. The highest BCUT2D eigenvalue weighted by atomic mass is 16.5. The molecule has 98 valence electrons. The molecule has 2 aliphatic heterocycles. The quantitative estimate of drug-likeness (QED) is 0.878. The minimum Gasteiger partial charge on any atom is -0.384 e. The van der Waals surface area contributed by atoms with Crippen molar-refractivity contribution in [3.05, 3.63) is 29.3 Å². The lowest BCUT2D eigenvalue weighted by molar-refractivity contribution is 0.0375. The van der Waals surface area contributed by atoms with Crippen LogP contribution < -0.4 is 5.32 Å². The van der Waals surface area contributed by atoms with Gasteiger partial charge in [-0.25, -0.2) is 0 Å². The van der Waals surface area contributed by atoms with Crippen LogP contribution in [0.25, 0.3) is 0 Å². The molecule has 0 unspecified atom stereocenters. The Morgan fingerprint density at radius 2 is 2.11 bits per heavy atom. The SMILES string of the molecule is c1cc2c(cc1CCCN1CCOCC1)CCN2. The van der Waals surface area contributed by atoms with Gasteiger partial charge >= 0.3 is 0 Å². The standard InChI is InChI=1S/C15H22N2O/c1(7-17-8-10-18-11-9-17)2-13-3-4-15-14(12-13)5-6-16-15/h3-4,12,16H,1-2,5-11H2. The smallest absolute Gasteiger partial charge is 0.0594 e. The molecular weight excluding hydrogens is 224 g/mol. The van der Waals surface area contributed by atoms with Gasteiger partial charge in [-0.2, -0.15) is 0 Å². The van der Waals surface area contributed by atoms with Gasteiger partial charge < -0.3 is 10.1 Å². The van der Waals surface area contributed by atoms with Gasteiger partial charge in [0.05, 0.1) is 13.2 Å². The molecule has 3 rings (SSSR count). The van der Waals surface area contributed by atoms with Crippen LogP contribution in [-0.4, -0.2) is 44.3 Å². The van der Waals surface area contributed by atoms with E-state index in [0.29, 0.717) is 0 Å². The van der Waals surface area contributed by atoms with Gasteiger partial charge in [-0.15, -0.1) is 0 Å². The third kappa shape index (κ3) is 2.85. The van der Waals surface area contributed by atoms with E-state index >= 15 is 0 Å². The summed E-state index contributed by atoms with van der Waals surface area (Å²) in [5.74, 6) is 0. The Labute approximate surface area is 109 Å². The fourth-order valence-electron chi connectivity index (χ4n) is 2.85. The molecule has 1 N–H and O–H groups in total. The number of rotatable bonds is 4. The Bertz CT molecular complexity index is 399. The summed E-state index contributed by atoms with van der Waals surface area (Å²) < 4.78 is 5.37. The van der Waals surface area contributed by atoms with E-state index in [1.165, 1.54) is 42.6 Å². The number of ether oxygens (including phenoxy) is 1. The minimum atomic E-state index is 0.907. The van der Waals surface area contributed by atoms with Crippen LogP contribution in [0.3, 0.4) is 0 Å². The van der Waals surface area contributed by atoms with Crippen molar-refractivity contribution in [2.75, 3.05) is 44.7 Å². The lowest BCUT2D eigenvalue weighted by atomic mass is 10.0. The number of fused-ring (bicyclic) bond motifs is 1. The molecule has 1 saturated heterocycles. The summed E-state index contributed by atoms with van der Waals surface area (Å²) in [5.41, 5.74) is 4.33. The van der Waals surface area contributed by atoms with Crippen LogP contribution in [0.1, 0.15) is 17.5 Å². The Balaban J connectivity index is 1.48. The van der Waals surface area contributed by atoms with Crippen LogP contribution in [0.4, 0.5) is 5.69 Å². The number of aryl methyl sites for hydroxylation is 1. The molecule has 1 aromatic carbocycles. The van der Waals surface area contributed by atoms with Crippen molar-refractivity contribution in [2.45, 2.75) is 19.3 Å². The summed E-state index contributed by atoms with van der Waals surface area (Å²) in [4.78, 5) is 2.51. The van der Waals surface area contributed by atoms with E-state index < -0.39 is 0 Å². The summed E-state index contributed by atoms with van der Waals surface area (Å²) >= 11 is 0. The van der Waals surface area contributed by atoms with Crippen molar-refractivity contribution in [3.8, 4) is 0 Å². The summed E-state index contributed by atoms with van der Waals surface area (Å²) in [7, 11) is 0. The molecule has 1 fully saturated rings. The second kappa shape index (κ2) is 5.72. The van der Waals surface area contributed by atoms with E-state index in [1.54, 1.807) is 0 Å². The predicted octanol–water partition coefficient (Wildman–Crippen LogP) is 1.92. The zero-order valence-corrected chi connectivity index (χ0v) is 11.0. The summed E-state index contributed by atoms with van der Waals surface area (Å²) in [6, 6.07) is 6.90. The molecule has 0 atom stereocenters. The zero-order chi connectivity index (χ0) is 12.2. The fourth-order valence-corrected chi connectivity index (χ4v) is 2.85. The second-order valence-electron chi connectivity index (χ2n) is 5.23. The van der Waals surface area contributed by atoms with E-state index in [0.717, 1.165) is 32.8 Å². The lowest BCUT2D eigenvalue weighted by Gasteiger charge is -2.26. The maximum Gasteiger partial charge on any atom is 0.0594 e. The molecule has 0 radical (unpaired) electrons. The van der Waals surface area contributed by atoms with Crippen LogP contribution in [-0.2, 0) is 17.6 Å². The van der Waals surface area contributed by atoms with Gasteiger partial charge in [-0.3, -0.25) is 4.90 Å². The molecule has 0 bridgehead atoms. The monoisotopic (exact) mass is 246 g/mol. The molecular formula is C15H22N2O. The molecule has 2 heterocycles.